The van der Waals surface area contributed by atoms with Gasteiger partial charge in [-0.2, -0.15) is 21.6 Å². The largest absolute Gasteiger partial charge is 0.448 e. The fourth-order valence-corrected chi connectivity index (χ4v) is 5.75. The predicted molar refractivity (Wildman–Crippen MR) is 98.6 cm³/mol. The van der Waals surface area contributed by atoms with Crippen LogP contribution < -0.4 is 0 Å². The molecule has 0 aromatic carbocycles. The van der Waals surface area contributed by atoms with Gasteiger partial charge in [0.1, 0.15) is 5.75 Å². The van der Waals surface area contributed by atoms with Crippen LogP contribution in [0, 0.1) is 0 Å². The van der Waals surface area contributed by atoms with E-state index in [4.69, 9.17) is 8.98 Å². The van der Waals surface area contributed by atoms with Crippen molar-refractivity contribution in [3.63, 3.8) is 0 Å². The molecule has 0 heterocycles. The summed E-state index contributed by atoms with van der Waals surface area (Å²) in [6.45, 7) is 6.45. The quantitative estimate of drug-likeness (QED) is 0.212. The van der Waals surface area contributed by atoms with E-state index in [2.05, 4.69) is 11.7 Å². The monoisotopic (exact) mass is 436 g/mol. The maximum atomic E-state index is 13.2. The van der Waals surface area contributed by atoms with Gasteiger partial charge in [-0.3, -0.25) is 9.35 Å². The van der Waals surface area contributed by atoms with Crippen molar-refractivity contribution in [2.45, 2.75) is 82.8 Å². The van der Waals surface area contributed by atoms with Crippen molar-refractivity contribution in [1.82, 2.24) is 0 Å². The molecule has 0 fully saturated rings. The first-order valence-corrected chi connectivity index (χ1v) is 13.5. The van der Waals surface area contributed by atoms with E-state index >= 15 is 0 Å². The second-order valence-electron chi connectivity index (χ2n) is 7.47. The Balaban J connectivity index is 5.10. The van der Waals surface area contributed by atoms with Gasteiger partial charge in [0.05, 0.1) is 0 Å². The highest BCUT2D eigenvalue weighted by molar-refractivity contribution is 7.85. The molecule has 6 nitrogen and oxygen atoms in total. The Morgan fingerprint density at radius 1 is 1.19 bits per heavy atom. The summed E-state index contributed by atoms with van der Waals surface area (Å²) in [5.41, 5.74) is -3.25. The number of unbranched alkanes of at least 4 members (excludes halogenated alkanes) is 2. The minimum Gasteiger partial charge on any atom is -0.448 e. The van der Waals surface area contributed by atoms with Crippen LogP contribution in [-0.4, -0.2) is 51.9 Å². The molecule has 0 aromatic heterocycles. The molecular formula is C16H31F3O6SSi. The zero-order valence-electron chi connectivity index (χ0n) is 16.6. The van der Waals surface area contributed by atoms with Crippen molar-refractivity contribution in [1.29, 1.82) is 0 Å². The SMILES string of the molecule is CCCCCC(CCC(=O)OC(C)(CS(=O)(=O)O)C(F)(F)F)[Si](C)(C)OC. The molecule has 11 heteroatoms. The molecule has 1 N–H and O–H groups in total. The van der Waals surface area contributed by atoms with Crippen LogP contribution in [0.25, 0.3) is 0 Å². The number of halogens is 3. The summed E-state index contributed by atoms with van der Waals surface area (Å²) in [6, 6.07) is 0. The third kappa shape index (κ3) is 9.40. The van der Waals surface area contributed by atoms with Gasteiger partial charge in [0, 0.05) is 13.5 Å². The van der Waals surface area contributed by atoms with Gasteiger partial charge in [-0.25, -0.2) is 0 Å². The van der Waals surface area contributed by atoms with Crippen LogP contribution in [0.2, 0.25) is 18.6 Å². The maximum absolute atomic E-state index is 13.2. The Labute approximate surface area is 160 Å². The number of rotatable bonds is 12. The third-order valence-corrected chi connectivity index (χ3v) is 9.27. The smallest absolute Gasteiger partial charge is 0.429 e. The highest BCUT2D eigenvalue weighted by atomic mass is 32.2. The fourth-order valence-electron chi connectivity index (χ4n) is 2.76. The maximum Gasteiger partial charge on any atom is 0.429 e. The van der Waals surface area contributed by atoms with E-state index in [1.165, 1.54) is 0 Å². The Hall–Kier alpha value is -0.653. The lowest BCUT2D eigenvalue weighted by Gasteiger charge is -2.32. The zero-order chi connectivity index (χ0) is 21.5. The van der Waals surface area contributed by atoms with Crippen LogP contribution in [0.5, 0.6) is 0 Å². The molecule has 162 valence electrons. The van der Waals surface area contributed by atoms with Gasteiger partial charge < -0.3 is 9.16 Å². The summed E-state index contributed by atoms with van der Waals surface area (Å²) in [5.74, 6) is -2.90. The molecule has 0 saturated heterocycles. The van der Waals surface area contributed by atoms with Gasteiger partial charge in [0.25, 0.3) is 10.1 Å². The van der Waals surface area contributed by atoms with Gasteiger partial charge >= 0.3 is 12.1 Å². The van der Waals surface area contributed by atoms with Crippen LogP contribution in [0.15, 0.2) is 0 Å². The summed E-state index contributed by atoms with van der Waals surface area (Å²) in [5, 5.41) is 0. The Morgan fingerprint density at radius 3 is 2.15 bits per heavy atom. The minimum absolute atomic E-state index is 0.0558. The number of hydrogen-bond acceptors (Lipinski definition) is 5. The normalized spacial score (nSPS) is 16.6. The van der Waals surface area contributed by atoms with Crippen molar-refractivity contribution in [3.05, 3.63) is 0 Å². The number of carbonyl (C=O) groups is 1. The molecular weight excluding hydrogens is 405 g/mol. The Bertz CT molecular complexity index is 579. The molecule has 0 amide bonds. The second-order valence-corrected chi connectivity index (χ2v) is 13.4. The summed E-state index contributed by atoms with van der Waals surface area (Å²) >= 11 is 0. The first-order chi connectivity index (χ1) is 12.1. The van der Waals surface area contributed by atoms with Crippen LogP contribution >= 0.6 is 0 Å². The average molecular weight is 437 g/mol. The summed E-state index contributed by atoms with van der Waals surface area (Å²) < 4.78 is 80.2. The van der Waals surface area contributed by atoms with E-state index in [1.54, 1.807) is 7.11 Å². The Kier molecular flexibility index (Phi) is 9.97. The molecule has 0 spiro atoms. The molecule has 0 radical (unpaired) electrons. The number of ether oxygens (including phenoxy) is 1. The Morgan fingerprint density at radius 2 is 1.74 bits per heavy atom. The lowest BCUT2D eigenvalue weighted by Crippen LogP contribution is -2.51. The van der Waals surface area contributed by atoms with Crippen LogP contribution in [0.3, 0.4) is 0 Å². The highest BCUT2D eigenvalue weighted by Gasteiger charge is 2.57. The molecule has 0 rings (SSSR count). The number of hydrogen-bond donors (Lipinski definition) is 1. The van der Waals surface area contributed by atoms with Gasteiger partial charge in [0.2, 0.25) is 5.60 Å². The van der Waals surface area contributed by atoms with Crippen molar-refractivity contribution in [2.75, 3.05) is 12.9 Å². The van der Waals surface area contributed by atoms with Gasteiger partial charge in [-0.15, -0.1) is 0 Å². The van der Waals surface area contributed by atoms with Gasteiger partial charge in [-0.05, 0) is 32.0 Å². The summed E-state index contributed by atoms with van der Waals surface area (Å²) in [7, 11) is -5.53. The molecule has 27 heavy (non-hydrogen) atoms. The average Bonchev–Trinajstić information content (AvgIpc) is 2.47. The van der Waals surface area contributed by atoms with Crippen molar-refractivity contribution < 1.29 is 40.1 Å². The van der Waals surface area contributed by atoms with E-state index in [-0.39, 0.29) is 12.0 Å². The van der Waals surface area contributed by atoms with Gasteiger partial charge in [0.15, 0.2) is 8.32 Å². The molecule has 0 aliphatic carbocycles. The minimum atomic E-state index is -5.14. The molecule has 2 atom stereocenters. The van der Waals surface area contributed by atoms with Crippen molar-refractivity contribution >= 4 is 24.4 Å². The number of esters is 1. The molecule has 0 bridgehead atoms. The zero-order valence-corrected chi connectivity index (χ0v) is 18.4. The van der Waals surface area contributed by atoms with Crippen molar-refractivity contribution in [3.8, 4) is 0 Å². The molecule has 0 aliphatic rings. The van der Waals surface area contributed by atoms with E-state index < -0.39 is 41.9 Å². The van der Waals surface area contributed by atoms with Crippen molar-refractivity contribution in [2.24, 2.45) is 0 Å². The lowest BCUT2D eigenvalue weighted by atomic mass is 10.1. The van der Waals surface area contributed by atoms with E-state index in [9.17, 15) is 26.4 Å². The topological polar surface area (TPSA) is 89.9 Å². The van der Waals surface area contributed by atoms with Crippen LogP contribution in [0.1, 0.15) is 52.4 Å². The fraction of sp³-hybridized carbons (Fsp3) is 0.938. The number of carbonyl (C=O) groups excluding carboxylic acids is 1. The predicted octanol–water partition coefficient (Wildman–Crippen LogP) is 4.32. The van der Waals surface area contributed by atoms with E-state index in [0.717, 1.165) is 25.7 Å². The standard InChI is InChI=1S/C16H31F3O6SSi/c1-6-7-8-9-13(27(4,5)24-3)10-11-14(20)25-15(2,16(17,18)19)12-26(21,22)23/h13H,6-12H2,1-5H3,(H,21,22,23). The number of alkyl halides is 3. The summed E-state index contributed by atoms with van der Waals surface area (Å²) in [6.07, 6.45) is -1.36. The summed E-state index contributed by atoms with van der Waals surface area (Å²) in [4.78, 5) is 12.0. The first-order valence-electron chi connectivity index (χ1n) is 8.87. The highest BCUT2D eigenvalue weighted by Crippen LogP contribution is 2.36. The van der Waals surface area contributed by atoms with E-state index in [1.807, 2.05) is 13.1 Å². The second kappa shape index (κ2) is 10.2. The third-order valence-electron chi connectivity index (χ3n) is 4.76. The molecule has 0 aromatic rings. The van der Waals surface area contributed by atoms with Crippen LogP contribution in [0.4, 0.5) is 13.2 Å². The van der Waals surface area contributed by atoms with Crippen LogP contribution in [-0.2, 0) is 24.1 Å². The molecule has 2 unspecified atom stereocenters. The van der Waals surface area contributed by atoms with Gasteiger partial charge in [-0.1, -0.05) is 32.6 Å². The lowest BCUT2D eigenvalue weighted by molar-refractivity contribution is -0.256. The van der Waals surface area contributed by atoms with E-state index in [0.29, 0.717) is 13.3 Å². The first kappa shape index (κ1) is 26.3. The molecule has 0 aliphatic heterocycles. The molecule has 0 saturated carbocycles.